The number of carbonyl (C=O) groups excluding carboxylic acids is 8. The van der Waals surface area contributed by atoms with Crippen molar-refractivity contribution in [1.82, 2.24) is 0 Å². The Morgan fingerprint density at radius 3 is 1.26 bits per heavy atom. The van der Waals surface area contributed by atoms with Crippen LogP contribution in [0.2, 0.25) is 0 Å². The van der Waals surface area contributed by atoms with E-state index in [0.29, 0.717) is 25.1 Å². The van der Waals surface area contributed by atoms with Gasteiger partial charge < -0.3 is 23.7 Å². The second-order valence-electron chi connectivity index (χ2n) is 30.4. The van der Waals surface area contributed by atoms with E-state index in [1.54, 1.807) is 72.8 Å². The Labute approximate surface area is 778 Å². The number of Topliss-reactive ketones (excluding diaryl/α,β-unsaturated/α-hetero) is 3. The van der Waals surface area contributed by atoms with Crippen molar-refractivity contribution in [3.05, 3.63) is 297 Å². The van der Waals surface area contributed by atoms with Crippen molar-refractivity contribution in [3.8, 4) is 0 Å². The first-order valence-electron chi connectivity index (χ1n) is 40.8. The maximum Gasteiger partial charge on any atom is 0.340 e. The van der Waals surface area contributed by atoms with Crippen molar-refractivity contribution in [3.63, 3.8) is 0 Å². The molecule has 0 spiro atoms. The van der Waals surface area contributed by atoms with Gasteiger partial charge in [0.2, 0.25) is 5.78 Å². The maximum atomic E-state index is 14.7. The van der Waals surface area contributed by atoms with Gasteiger partial charge in [0.1, 0.15) is 35.0 Å². The number of ketones is 3. The lowest BCUT2D eigenvalue weighted by Crippen LogP contribution is -2.34. The van der Waals surface area contributed by atoms with Gasteiger partial charge >= 0.3 is 29.8 Å². The van der Waals surface area contributed by atoms with Crippen LogP contribution in [0.25, 0.3) is 0 Å². The number of hydrogen-bond acceptors (Lipinski definition) is 23. The van der Waals surface area contributed by atoms with Crippen LogP contribution in [0.3, 0.4) is 0 Å². The molecule has 3 heterocycles. The van der Waals surface area contributed by atoms with Gasteiger partial charge in [-0.1, -0.05) is 88.5 Å². The first-order valence-corrected chi connectivity index (χ1v) is 48.6. The van der Waals surface area contributed by atoms with E-state index in [9.17, 15) is 107 Å². The van der Waals surface area contributed by atoms with Crippen LogP contribution in [0.4, 0.5) is 54.8 Å². The third-order valence-electron chi connectivity index (χ3n) is 20.7. The van der Waals surface area contributed by atoms with E-state index in [0.717, 1.165) is 124 Å². The van der Waals surface area contributed by atoms with Gasteiger partial charge in [0.05, 0.1) is 99.6 Å². The van der Waals surface area contributed by atoms with Crippen molar-refractivity contribution in [1.29, 1.82) is 0 Å². The van der Waals surface area contributed by atoms with Gasteiger partial charge in [-0.2, -0.15) is 0 Å². The van der Waals surface area contributed by atoms with Crippen molar-refractivity contribution >= 4 is 137 Å². The lowest BCUT2D eigenvalue weighted by molar-refractivity contribution is -0.144. The lowest BCUT2D eigenvalue weighted by atomic mass is 9.94. The number of aryl methyl sites for hydroxylation is 5. The molecule has 3 aliphatic heterocycles. The molecule has 0 aliphatic carbocycles. The highest BCUT2D eigenvalue weighted by Gasteiger charge is 2.44. The lowest BCUT2D eigenvalue weighted by Gasteiger charge is -2.26. The molecule has 10 aromatic carbocycles. The molecule has 13 rings (SSSR count). The average Bonchev–Trinajstić information content (AvgIpc) is 1.63. The van der Waals surface area contributed by atoms with Crippen LogP contribution in [0, 0.1) is 69.6 Å². The second-order valence-corrected chi connectivity index (χ2v) is 39.9. The van der Waals surface area contributed by atoms with Gasteiger partial charge in [0.25, 0.3) is 50.1 Å². The first kappa shape index (κ1) is 107. The standard InChI is InChI=1S/C20H22FNO6S.C19H18FNO5S.C18H17F2NO3S.C17H16FNO3S.C15H14FNO4S.C5H9ClO2/c1-14-6-9-16(10-7-14)29(25,26)22(12-4-5-19(23)27-2)18-11-8-15(21)13-17(18)20(24)28-3;1-12-3-6-14(7-4-12)27(24,25)21-10-9-15(19(23)26-2)18(22)16-11-13(20)5-8-17(16)21;1-12-3-6-14(7-4-12)25(23,24)21-10-9-18(2,20)17(22)15-11-13(19)5-8-16(15)21;1-12-4-7-14(8-5-12)23(21,22)19-10-2-3-17(20)15-11-13(18)6-9-16(15)19;1-10-3-6-12(7-4-10)22(19,20)17-14-8-5-11(16)9-13(14)15(18)21-2;1-8-5(7)3-2-4-6/h6-11,13H,4-5,12H2,1-3H3;3-8,11,15H,9-10H2,1-2H3;3-8,11H,9-10H2,1-2H3;4-9,11H,2-3,10H2,1H3;3-9,17H,1-2H3;2-4H2,1H3. The molecule has 0 fully saturated rings. The zero-order chi connectivity index (χ0) is 99.1. The Morgan fingerprint density at radius 2 is 0.813 bits per heavy atom. The topological polar surface area (TPSA) is 378 Å². The molecular weight excluding hydrogens is 1880 g/mol. The number of methoxy groups -OCH3 is 5. The van der Waals surface area contributed by atoms with E-state index in [2.05, 4.69) is 28.4 Å². The van der Waals surface area contributed by atoms with E-state index in [1.165, 1.54) is 103 Å². The normalized spacial score (nSPS) is 14.7. The van der Waals surface area contributed by atoms with E-state index in [4.69, 9.17) is 11.6 Å². The minimum absolute atomic E-state index is 0.00121. The van der Waals surface area contributed by atoms with E-state index >= 15 is 0 Å². The molecule has 40 heteroatoms. The molecular formula is C94H96ClF6N5O23S5. The summed E-state index contributed by atoms with van der Waals surface area (Å²) in [5.41, 5.74) is 1.74. The number of halogens is 7. The number of nitrogens with one attached hydrogen (secondary N) is 1. The van der Waals surface area contributed by atoms with Gasteiger partial charge in [0.15, 0.2) is 17.2 Å². The number of carbonyl (C=O) groups is 8. The van der Waals surface area contributed by atoms with Gasteiger partial charge in [-0.25, -0.2) is 78.0 Å². The molecule has 2 unspecified atom stereocenters. The number of alkyl halides is 2. The molecule has 10 aromatic rings. The van der Waals surface area contributed by atoms with E-state index in [1.807, 2.05) is 34.6 Å². The number of esters is 5. The van der Waals surface area contributed by atoms with E-state index in [-0.39, 0.29) is 151 Å². The summed E-state index contributed by atoms with van der Waals surface area (Å²) < 4.78 is 241. The Bertz CT molecular complexity index is 6590. The highest BCUT2D eigenvalue weighted by Crippen LogP contribution is 2.40. The van der Waals surface area contributed by atoms with Gasteiger partial charge in [-0.3, -0.25) is 50.7 Å². The highest BCUT2D eigenvalue weighted by molar-refractivity contribution is 7.94. The Hall–Kier alpha value is -12.8. The number of rotatable bonds is 22. The summed E-state index contributed by atoms with van der Waals surface area (Å²) >= 11 is 5.29. The third kappa shape index (κ3) is 27.0. The minimum atomic E-state index is -4.10. The fourth-order valence-electron chi connectivity index (χ4n) is 13.4. The first-order chi connectivity index (χ1) is 63.1. The van der Waals surface area contributed by atoms with Crippen LogP contribution in [-0.4, -0.2) is 163 Å². The Kier molecular flexibility index (Phi) is 37.1. The zero-order valence-corrected chi connectivity index (χ0v) is 79.2. The number of fused-ring (bicyclic) bond motifs is 3. The molecule has 0 amide bonds. The molecule has 28 nitrogen and oxygen atoms in total. The van der Waals surface area contributed by atoms with Crippen LogP contribution in [0.1, 0.15) is 138 Å². The van der Waals surface area contributed by atoms with Crippen LogP contribution in [0.15, 0.2) is 237 Å². The Morgan fingerprint density at radius 1 is 0.440 bits per heavy atom. The number of hydrogen-bond donors (Lipinski definition) is 1. The predicted octanol–water partition coefficient (Wildman–Crippen LogP) is 16.6. The quantitative estimate of drug-likeness (QED) is 0.0216. The molecule has 0 saturated carbocycles. The van der Waals surface area contributed by atoms with Gasteiger partial charge in [-0.05, 0) is 219 Å². The SMILES string of the molecule is COC(=O)C1CCN(S(=O)(=O)c2ccc(C)cc2)c2ccc(F)cc2C1=O.COC(=O)CCCCl.COC(=O)CCCN(c1ccc(F)cc1C(=O)OC)S(=O)(=O)c1ccc(C)cc1.COC(=O)c1cc(F)ccc1NS(=O)(=O)c1ccc(C)cc1.Cc1ccc(S(=O)(=O)N2CCC(C)(F)C(=O)c3cc(F)ccc32)cc1.Cc1ccc(S(=O)(=O)N2CCCC(=O)c3cc(F)ccc32)cc1. The molecule has 0 radical (unpaired) electrons. The van der Waals surface area contributed by atoms with Gasteiger partial charge in [-0.15, -0.1) is 11.6 Å². The zero-order valence-electron chi connectivity index (χ0n) is 74.3. The summed E-state index contributed by atoms with van der Waals surface area (Å²) in [5.74, 6) is -8.98. The number of benzene rings is 10. The van der Waals surface area contributed by atoms with Crippen molar-refractivity contribution < 1.29 is 130 Å². The predicted molar refractivity (Wildman–Crippen MR) is 489 cm³/mol. The number of sulfonamides is 5. The summed E-state index contributed by atoms with van der Waals surface area (Å²) in [6.07, 6.45) is 1.48. The average molecular weight is 1970 g/mol. The molecule has 0 bridgehead atoms. The van der Waals surface area contributed by atoms with Crippen molar-refractivity contribution in [2.45, 2.75) is 123 Å². The fraction of sp³-hybridized carbons (Fsp3) is 0.277. The summed E-state index contributed by atoms with van der Waals surface area (Å²) in [7, 11) is -13.8. The van der Waals surface area contributed by atoms with E-state index < -0.39 is 126 Å². The summed E-state index contributed by atoms with van der Waals surface area (Å²) in [4.78, 5) is 95.0. The molecule has 3 aliphatic rings. The van der Waals surface area contributed by atoms with Gasteiger partial charge in [0, 0.05) is 74.4 Å². The summed E-state index contributed by atoms with van der Waals surface area (Å²) in [6, 6.07) is 47.8. The van der Waals surface area contributed by atoms with Crippen LogP contribution >= 0.6 is 11.6 Å². The van der Waals surface area contributed by atoms with Crippen molar-refractivity contribution in [2.75, 3.05) is 89.6 Å². The maximum absolute atomic E-state index is 14.7. The smallest absolute Gasteiger partial charge is 0.340 e. The molecule has 0 saturated heterocycles. The number of ether oxygens (including phenoxy) is 5. The Balaban J connectivity index is 0.000000202. The summed E-state index contributed by atoms with van der Waals surface area (Å²) in [5, 5.41) is 0. The number of nitrogens with zero attached hydrogens (tertiary/aromatic N) is 4. The second kappa shape index (κ2) is 46.7. The van der Waals surface area contributed by atoms with Crippen LogP contribution < -0.4 is 21.9 Å². The largest absolute Gasteiger partial charge is 0.469 e. The fourth-order valence-corrected chi connectivity index (χ4v) is 20.6. The van der Waals surface area contributed by atoms with Crippen molar-refractivity contribution in [2.24, 2.45) is 5.92 Å². The monoisotopic (exact) mass is 1970 g/mol. The molecule has 1 N–H and O–H groups in total. The molecule has 714 valence electrons. The third-order valence-corrected chi connectivity index (χ3v) is 29.6. The molecule has 2 atom stereocenters. The molecule has 134 heavy (non-hydrogen) atoms. The molecule has 0 aromatic heterocycles. The van der Waals surface area contributed by atoms with Crippen LogP contribution in [-0.2, 0) is 88.2 Å². The highest BCUT2D eigenvalue weighted by atomic mass is 35.5. The number of anilines is 5. The van der Waals surface area contributed by atoms with Crippen LogP contribution in [0.5, 0.6) is 0 Å². The summed E-state index contributed by atoms with van der Waals surface area (Å²) in [6.45, 7) is 10.0. The minimum Gasteiger partial charge on any atom is -0.469 e.